The minimum Gasteiger partial charge on any atom is -0.465 e. The molecule has 0 saturated heterocycles. The Balaban J connectivity index is 2.04. The molecule has 0 saturated carbocycles. The van der Waals surface area contributed by atoms with Gasteiger partial charge < -0.3 is 4.74 Å². The van der Waals surface area contributed by atoms with Gasteiger partial charge in [0.15, 0.2) is 5.78 Å². The highest BCUT2D eigenvalue weighted by Gasteiger charge is 2.10. The Hall–Kier alpha value is -2.42. The van der Waals surface area contributed by atoms with E-state index in [0.29, 0.717) is 24.0 Å². The number of benzene rings is 2. The predicted octanol–water partition coefficient (Wildman–Crippen LogP) is 3.29. The van der Waals surface area contributed by atoms with Crippen LogP contribution in [0.25, 0.3) is 0 Å². The SMILES string of the molecule is COC(=O)c1cccc(C(=O)CCc2ccccc2)c1. The fourth-order valence-electron chi connectivity index (χ4n) is 1.98. The van der Waals surface area contributed by atoms with Gasteiger partial charge in [-0.1, -0.05) is 42.5 Å². The second kappa shape index (κ2) is 6.66. The lowest BCUT2D eigenvalue weighted by Gasteiger charge is -2.04. The summed E-state index contributed by atoms with van der Waals surface area (Å²) in [7, 11) is 1.33. The molecule has 2 aromatic rings. The largest absolute Gasteiger partial charge is 0.465 e. The van der Waals surface area contributed by atoms with Gasteiger partial charge in [0.1, 0.15) is 0 Å². The van der Waals surface area contributed by atoms with Crippen molar-refractivity contribution in [3.63, 3.8) is 0 Å². The summed E-state index contributed by atoms with van der Waals surface area (Å²) < 4.78 is 4.65. The van der Waals surface area contributed by atoms with E-state index < -0.39 is 5.97 Å². The smallest absolute Gasteiger partial charge is 0.337 e. The van der Waals surface area contributed by atoms with Crippen LogP contribution in [0.3, 0.4) is 0 Å². The number of methoxy groups -OCH3 is 1. The lowest BCUT2D eigenvalue weighted by molar-refractivity contribution is 0.0600. The van der Waals surface area contributed by atoms with E-state index in [2.05, 4.69) is 4.74 Å². The first-order valence-electron chi connectivity index (χ1n) is 6.46. The van der Waals surface area contributed by atoms with Gasteiger partial charge in [-0.2, -0.15) is 0 Å². The molecule has 0 N–H and O–H groups in total. The average molecular weight is 268 g/mol. The molecule has 3 nitrogen and oxygen atoms in total. The van der Waals surface area contributed by atoms with Crippen molar-refractivity contribution >= 4 is 11.8 Å². The van der Waals surface area contributed by atoms with Gasteiger partial charge in [-0.05, 0) is 24.1 Å². The van der Waals surface area contributed by atoms with Gasteiger partial charge in [0.2, 0.25) is 0 Å². The molecule has 0 atom stereocenters. The zero-order valence-corrected chi connectivity index (χ0v) is 11.3. The Bertz CT molecular complexity index is 603. The first kappa shape index (κ1) is 14.0. The lowest BCUT2D eigenvalue weighted by atomic mass is 10.0. The standard InChI is InChI=1S/C17H16O3/c1-20-17(19)15-9-5-8-14(12-15)16(18)11-10-13-6-3-2-4-7-13/h2-9,12H,10-11H2,1H3. The van der Waals surface area contributed by atoms with Gasteiger partial charge in [0, 0.05) is 12.0 Å². The number of hydrogen-bond donors (Lipinski definition) is 0. The molecule has 0 aliphatic carbocycles. The highest BCUT2D eigenvalue weighted by molar-refractivity contribution is 5.99. The maximum atomic E-state index is 12.1. The summed E-state index contributed by atoms with van der Waals surface area (Å²) in [4.78, 5) is 23.6. The molecule has 2 rings (SSSR count). The summed E-state index contributed by atoms with van der Waals surface area (Å²) in [5.41, 5.74) is 2.08. The van der Waals surface area contributed by atoms with Crippen LogP contribution in [0.2, 0.25) is 0 Å². The number of esters is 1. The first-order valence-corrected chi connectivity index (χ1v) is 6.46. The van der Waals surface area contributed by atoms with Crippen molar-refractivity contribution < 1.29 is 14.3 Å². The van der Waals surface area contributed by atoms with E-state index in [0.717, 1.165) is 5.56 Å². The molecule has 0 fully saturated rings. The Labute approximate surface area is 118 Å². The topological polar surface area (TPSA) is 43.4 Å². The summed E-state index contributed by atoms with van der Waals surface area (Å²) in [5, 5.41) is 0. The molecule has 20 heavy (non-hydrogen) atoms. The van der Waals surface area contributed by atoms with E-state index in [1.54, 1.807) is 24.3 Å². The average Bonchev–Trinajstić information content (AvgIpc) is 2.53. The third-order valence-corrected chi connectivity index (χ3v) is 3.09. The Kier molecular flexibility index (Phi) is 4.66. The molecule has 102 valence electrons. The van der Waals surface area contributed by atoms with Gasteiger partial charge in [0.05, 0.1) is 12.7 Å². The minimum absolute atomic E-state index is 0.0274. The van der Waals surface area contributed by atoms with Crippen LogP contribution in [-0.2, 0) is 11.2 Å². The number of carbonyl (C=O) groups is 2. The van der Waals surface area contributed by atoms with Crippen LogP contribution in [0.1, 0.15) is 32.7 Å². The highest BCUT2D eigenvalue weighted by atomic mass is 16.5. The number of aryl methyl sites for hydroxylation is 1. The van der Waals surface area contributed by atoms with Gasteiger partial charge in [-0.3, -0.25) is 4.79 Å². The van der Waals surface area contributed by atoms with Crippen molar-refractivity contribution in [3.8, 4) is 0 Å². The summed E-state index contributed by atoms with van der Waals surface area (Å²) in [6.07, 6.45) is 1.12. The van der Waals surface area contributed by atoms with Crippen LogP contribution in [0.15, 0.2) is 54.6 Å². The quantitative estimate of drug-likeness (QED) is 0.617. The Morgan fingerprint density at radius 3 is 2.35 bits per heavy atom. The molecule has 0 bridgehead atoms. The number of Topliss-reactive ketones (excluding diaryl/α,β-unsaturated/α-hetero) is 1. The molecule has 0 radical (unpaired) electrons. The maximum Gasteiger partial charge on any atom is 0.337 e. The number of ketones is 1. The molecule has 0 heterocycles. The van der Waals surface area contributed by atoms with E-state index >= 15 is 0 Å². The molecule has 0 amide bonds. The molecule has 0 aromatic heterocycles. The van der Waals surface area contributed by atoms with Crippen LogP contribution in [0, 0.1) is 0 Å². The van der Waals surface area contributed by atoms with Crippen molar-refractivity contribution in [2.45, 2.75) is 12.8 Å². The van der Waals surface area contributed by atoms with Gasteiger partial charge in [0.25, 0.3) is 0 Å². The van der Waals surface area contributed by atoms with E-state index in [1.807, 2.05) is 30.3 Å². The van der Waals surface area contributed by atoms with Crippen molar-refractivity contribution in [2.24, 2.45) is 0 Å². The maximum absolute atomic E-state index is 12.1. The number of ether oxygens (including phenoxy) is 1. The monoisotopic (exact) mass is 268 g/mol. The first-order chi connectivity index (χ1) is 9.70. The third-order valence-electron chi connectivity index (χ3n) is 3.09. The molecule has 2 aromatic carbocycles. The second-order valence-corrected chi connectivity index (χ2v) is 4.48. The van der Waals surface area contributed by atoms with Crippen molar-refractivity contribution in [1.29, 1.82) is 0 Å². The summed E-state index contributed by atoms with van der Waals surface area (Å²) in [6, 6.07) is 16.5. The van der Waals surface area contributed by atoms with Crippen molar-refractivity contribution in [1.82, 2.24) is 0 Å². The lowest BCUT2D eigenvalue weighted by Crippen LogP contribution is -2.05. The second-order valence-electron chi connectivity index (χ2n) is 4.48. The van der Waals surface area contributed by atoms with Crippen molar-refractivity contribution in [3.05, 3.63) is 71.3 Å². The van der Waals surface area contributed by atoms with Crippen molar-refractivity contribution in [2.75, 3.05) is 7.11 Å². The fourth-order valence-corrected chi connectivity index (χ4v) is 1.98. The molecule has 0 unspecified atom stereocenters. The van der Waals surface area contributed by atoms with Crippen LogP contribution >= 0.6 is 0 Å². The van der Waals surface area contributed by atoms with Crippen LogP contribution in [0.4, 0.5) is 0 Å². The summed E-state index contributed by atoms with van der Waals surface area (Å²) in [6.45, 7) is 0. The zero-order valence-electron chi connectivity index (χ0n) is 11.3. The molecule has 0 aliphatic rings. The van der Waals surface area contributed by atoms with E-state index in [1.165, 1.54) is 7.11 Å². The molecule has 0 aliphatic heterocycles. The Morgan fingerprint density at radius 2 is 1.65 bits per heavy atom. The van der Waals surface area contributed by atoms with Crippen LogP contribution in [-0.4, -0.2) is 18.9 Å². The number of rotatable bonds is 5. The molecule has 0 spiro atoms. The zero-order chi connectivity index (χ0) is 14.4. The molecule has 3 heteroatoms. The van der Waals surface area contributed by atoms with Gasteiger partial charge >= 0.3 is 5.97 Å². The predicted molar refractivity (Wildman–Crippen MR) is 76.9 cm³/mol. The van der Waals surface area contributed by atoms with E-state index in [9.17, 15) is 9.59 Å². The van der Waals surface area contributed by atoms with Crippen LogP contribution < -0.4 is 0 Å². The number of carbonyl (C=O) groups excluding carboxylic acids is 2. The number of hydrogen-bond acceptors (Lipinski definition) is 3. The molecular formula is C17H16O3. The van der Waals surface area contributed by atoms with Crippen LogP contribution in [0.5, 0.6) is 0 Å². The minimum atomic E-state index is -0.428. The summed E-state index contributed by atoms with van der Waals surface area (Å²) >= 11 is 0. The van der Waals surface area contributed by atoms with Gasteiger partial charge in [-0.25, -0.2) is 4.79 Å². The summed E-state index contributed by atoms with van der Waals surface area (Å²) in [5.74, 6) is -0.401. The third kappa shape index (κ3) is 3.54. The van der Waals surface area contributed by atoms with Gasteiger partial charge in [-0.15, -0.1) is 0 Å². The van der Waals surface area contributed by atoms with E-state index in [4.69, 9.17) is 0 Å². The Morgan fingerprint density at radius 1 is 0.950 bits per heavy atom. The van der Waals surface area contributed by atoms with E-state index in [-0.39, 0.29) is 5.78 Å². The fraction of sp³-hybridized carbons (Fsp3) is 0.176. The normalized spacial score (nSPS) is 10.1. The highest BCUT2D eigenvalue weighted by Crippen LogP contribution is 2.11. The molecular weight excluding hydrogens is 252 g/mol.